The summed E-state index contributed by atoms with van der Waals surface area (Å²) in [5.74, 6) is 6.95. The van der Waals surface area contributed by atoms with Crippen molar-refractivity contribution in [2.75, 3.05) is 65.9 Å². The number of nitrogens with two attached hydrogens (primary N) is 1. The van der Waals surface area contributed by atoms with Gasteiger partial charge in [0.1, 0.15) is 24.4 Å². The van der Waals surface area contributed by atoms with E-state index in [0.717, 1.165) is 32.5 Å². The molecule has 0 saturated heterocycles. The second kappa shape index (κ2) is 23.1. The molecule has 10 heteroatoms. The average molecular weight is 599 g/mol. The van der Waals surface area contributed by atoms with Crippen LogP contribution in [-0.4, -0.2) is 82.0 Å². The summed E-state index contributed by atoms with van der Waals surface area (Å²) < 4.78 is 28.9. The fourth-order valence-electron chi connectivity index (χ4n) is 3.00. The fraction of sp³-hybridized carbons (Fsp3) is 0.700. The Hall–Kier alpha value is -1.45. The Balaban J connectivity index is 2.21. The van der Waals surface area contributed by atoms with Crippen LogP contribution in [0.5, 0.6) is 5.75 Å². The molecule has 0 radical (unpaired) electrons. The Bertz CT molecular complexity index is 855. The van der Waals surface area contributed by atoms with E-state index in [1.54, 1.807) is 39.8 Å². The van der Waals surface area contributed by atoms with Crippen LogP contribution in [0.1, 0.15) is 64.2 Å². The first-order valence-corrected chi connectivity index (χ1v) is 16.3. The zero-order chi connectivity index (χ0) is 29.5. The number of hydrogen-bond acceptors (Lipinski definition) is 9. The van der Waals surface area contributed by atoms with Crippen LogP contribution in [0.3, 0.4) is 0 Å². The van der Waals surface area contributed by atoms with Gasteiger partial charge in [-0.15, -0.1) is 0 Å². The number of nitrogens with one attached hydrogen (secondary N) is 1. The highest BCUT2D eigenvalue weighted by Gasteiger charge is 2.18. The molecular weight excluding hydrogens is 548 g/mol. The second-order valence-corrected chi connectivity index (χ2v) is 13.5. The van der Waals surface area contributed by atoms with E-state index in [2.05, 4.69) is 51.8 Å². The van der Waals surface area contributed by atoms with Gasteiger partial charge >= 0.3 is 0 Å². The second-order valence-electron chi connectivity index (χ2n) is 10.3. The number of ether oxygens (including phenoxy) is 5. The van der Waals surface area contributed by atoms with Crippen molar-refractivity contribution in [1.29, 1.82) is 0 Å². The maximum absolute atomic E-state index is 12.2. The van der Waals surface area contributed by atoms with E-state index < -0.39 is 0 Å². The summed E-state index contributed by atoms with van der Waals surface area (Å²) in [5.41, 5.74) is 5.81. The third-order valence-corrected chi connectivity index (χ3v) is 8.38. The van der Waals surface area contributed by atoms with Crippen LogP contribution in [0.2, 0.25) is 0 Å². The Morgan fingerprint density at radius 3 is 2.40 bits per heavy atom. The molecule has 1 amide bonds. The van der Waals surface area contributed by atoms with Crippen LogP contribution in [0.15, 0.2) is 24.3 Å². The van der Waals surface area contributed by atoms with Crippen molar-refractivity contribution in [1.82, 2.24) is 5.32 Å². The highest BCUT2D eigenvalue weighted by atomic mass is 33.1. The lowest BCUT2D eigenvalue weighted by atomic mass is 10.2. The van der Waals surface area contributed by atoms with Gasteiger partial charge in [-0.05, 0) is 37.5 Å². The SMILES string of the molecule is CC(C)C#CCOCCCCCOCCOCCOC(COc1cccc(C(=O)NCCN)c1)SSC(C)(C)C. The number of unbranched alkanes of at least 4 members (excludes halogenated alkanes) is 2. The van der Waals surface area contributed by atoms with Gasteiger partial charge in [-0.2, -0.15) is 0 Å². The van der Waals surface area contributed by atoms with Crippen LogP contribution in [0, 0.1) is 17.8 Å². The minimum absolute atomic E-state index is 0.0796. The minimum atomic E-state index is -0.190. The number of amides is 1. The smallest absolute Gasteiger partial charge is 0.251 e. The molecule has 0 fully saturated rings. The first kappa shape index (κ1) is 36.6. The normalized spacial score (nSPS) is 12.2. The first-order chi connectivity index (χ1) is 19.2. The molecule has 228 valence electrons. The van der Waals surface area contributed by atoms with Gasteiger partial charge in [-0.25, -0.2) is 0 Å². The van der Waals surface area contributed by atoms with Gasteiger partial charge in [-0.3, -0.25) is 4.79 Å². The zero-order valence-electron chi connectivity index (χ0n) is 25.0. The first-order valence-electron chi connectivity index (χ1n) is 14.1. The lowest BCUT2D eigenvalue weighted by molar-refractivity contribution is 0.00113. The molecule has 0 aliphatic heterocycles. The molecule has 1 aromatic carbocycles. The van der Waals surface area contributed by atoms with Crippen LogP contribution >= 0.6 is 21.6 Å². The molecule has 0 aromatic heterocycles. The van der Waals surface area contributed by atoms with Crippen molar-refractivity contribution in [2.45, 2.75) is 64.1 Å². The fourth-order valence-corrected chi connectivity index (χ4v) is 5.19. The molecule has 0 aliphatic carbocycles. The van der Waals surface area contributed by atoms with E-state index in [1.165, 1.54) is 0 Å². The largest absolute Gasteiger partial charge is 0.490 e. The summed E-state index contributed by atoms with van der Waals surface area (Å²) >= 11 is 0. The molecule has 0 saturated carbocycles. The summed E-state index contributed by atoms with van der Waals surface area (Å²) in [6.07, 6.45) is 3.11. The molecule has 0 bridgehead atoms. The highest BCUT2D eigenvalue weighted by Crippen LogP contribution is 2.38. The van der Waals surface area contributed by atoms with Crippen LogP contribution in [-0.2, 0) is 18.9 Å². The third kappa shape index (κ3) is 21.3. The number of hydrogen-bond donors (Lipinski definition) is 2. The molecule has 1 aromatic rings. The maximum atomic E-state index is 12.2. The molecule has 1 rings (SSSR count). The topological polar surface area (TPSA) is 101 Å². The summed E-state index contributed by atoms with van der Waals surface area (Å²) in [6.45, 7) is 15.8. The third-order valence-electron chi connectivity index (χ3n) is 4.86. The van der Waals surface area contributed by atoms with Crippen LogP contribution in [0.25, 0.3) is 0 Å². The van der Waals surface area contributed by atoms with E-state index in [4.69, 9.17) is 29.4 Å². The Morgan fingerprint density at radius 1 is 1.00 bits per heavy atom. The van der Waals surface area contributed by atoms with Gasteiger partial charge in [0.05, 0.1) is 26.4 Å². The molecule has 1 atom stereocenters. The Labute approximate surface area is 249 Å². The monoisotopic (exact) mass is 598 g/mol. The minimum Gasteiger partial charge on any atom is -0.490 e. The van der Waals surface area contributed by atoms with Gasteiger partial charge in [-0.1, -0.05) is 74.1 Å². The standard InChI is InChI=1S/C30H50N2O6S2/c1-25(2)11-10-18-34-16-7-6-8-17-35-19-20-36-21-22-37-28(39-40-30(3,4)5)24-38-27-13-9-12-26(23-27)29(33)32-15-14-31/h9,12-13,23,25,28H,6-8,14-22,24,31H2,1-5H3,(H,32,33). The Kier molecular flexibility index (Phi) is 21.2. The molecule has 0 heterocycles. The highest BCUT2D eigenvalue weighted by molar-refractivity contribution is 8.77. The quantitative estimate of drug-likeness (QED) is 0.0812. The van der Waals surface area contributed by atoms with Gasteiger partial charge in [0, 0.05) is 42.5 Å². The molecule has 8 nitrogen and oxygen atoms in total. The number of rotatable bonds is 22. The summed E-state index contributed by atoms with van der Waals surface area (Å²) in [5, 5.41) is 2.77. The molecule has 0 aliphatic rings. The summed E-state index contributed by atoms with van der Waals surface area (Å²) in [6, 6.07) is 7.11. The van der Waals surface area contributed by atoms with Crippen molar-refractivity contribution < 1.29 is 28.5 Å². The predicted molar refractivity (Wildman–Crippen MR) is 167 cm³/mol. The van der Waals surface area contributed by atoms with Crippen molar-refractivity contribution >= 4 is 27.5 Å². The lowest BCUT2D eigenvalue weighted by Crippen LogP contribution is -2.29. The van der Waals surface area contributed by atoms with Gasteiger partial charge in [0.2, 0.25) is 0 Å². The Morgan fingerprint density at radius 2 is 1.70 bits per heavy atom. The number of benzene rings is 1. The van der Waals surface area contributed by atoms with Crippen LogP contribution < -0.4 is 15.8 Å². The molecular formula is C30H50N2O6S2. The summed E-state index contributed by atoms with van der Waals surface area (Å²) in [4.78, 5) is 12.2. The number of carbonyl (C=O) groups is 1. The van der Waals surface area contributed by atoms with Gasteiger partial charge < -0.3 is 34.7 Å². The van der Waals surface area contributed by atoms with E-state index in [0.29, 0.717) is 70.0 Å². The van der Waals surface area contributed by atoms with Crippen molar-refractivity contribution in [2.24, 2.45) is 11.7 Å². The molecule has 40 heavy (non-hydrogen) atoms. The van der Waals surface area contributed by atoms with E-state index in [9.17, 15) is 4.79 Å². The van der Waals surface area contributed by atoms with Crippen LogP contribution in [0.4, 0.5) is 0 Å². The predicted octanol–water partition coefficient (Wildman–Crippen LogP) is 5.16. The average Bonchev–Trinajstić information content (AvgIpc) is 2.91. The lowest BCUT2D eigenvalue weighted by Gasteiger charge is -2.22. The maximum Gasteiger partial charge on any atom is 0.251 e. The van der Waals surface area contributed by atoms with Gasteiger partial charge in [0.25, 0.3) is 5.91 Å². The van der Waals surface area contributed by atoms with E-state index in [1.807, 2.05) is 6.07 Å². The molecule has 3 N–H and O–H groups in total. The van der Waals surface area contributed by atoms with E-state index >= 15 is 0 Å². The van der Waals surface area contributed by atoms with Crippen molar-refractivity contribution in [3.8, 4) is 17.6 Å². The summed E-state index contributed by atoms with van der Waals surface area (Å²) in [7, 11) is 3.38. The van der Waals surface area contributed by atoms with Crippen molar-refractivity contribution in [3.05, 3.63) is 29.8 Å². The van der Waals surface area contributed by atoms with Gasteiger partial charge in [0.15, 0.2) is 0 Å². The molecule has 0 spiro atoms. The van der Waals surface area contributed by atoms with Crippen molar-refractivity contribution in [3.63, 3.8) is 0 Å². The number of carbonyl (C=O) groups excluding carboxylic acids is 1. The van der Waals surface area contributed by atoms with E-state index in [-0.39, 0.29) is 16.1 Å². The zero-order valence-corrected chi connectivity index (χ0v) is 26.6. The molecule has 1 unspecified atom stereocenters.